The lowest BCUT2D eigenvalue weighted by molar-refractivity contribution is -0.279. The maximum atomic E-state index is 12.0. The predicted octanol–water partition coefficient (Wildman–Crippen LogP) is 5.49. The van der Waals surface area contributed by atoms with Crippen molar-refractivity contribution in [2.75, 3.05) is 13.2 Å². The van der Waals surface area contributed by atoms with E-state index < -0.39 is 5.79 Å². The Balaban J connectivity index is 1.34. The highest BCUT2D eigenvalue weighted by Crippen LogP contribution is 2.67. The number of ether oxygens (including phenoxy) is 3. The van der Waals surface area contributed by atoms with Crippen LogP contribution in [0.25, 0.3) is 0 Å². The summed E-state index contributed by atoms with van der Waals surface area (Å²) in [6.45, 7) is 10.7. The Labute approximate surface area is 186 Å². The third-order valence-corrected chi connectivity index (χ3v) is 9.82. The molecule has 6 aliphatic rings. The fourth-order valence-corrected chi connectivity index (χ4v) is 7.69. The van der Waals surface area contributed by atoms with Gasteiger partial charge in [-0.2, -0.15) is 0 Å². The topological polar surface area (TPSA) is 44.8 Å². The Morgan fingerprint density at radius 3 is 2.48 bits per heavy atom. The first-order chi connectivity index (χ1) is 14.6. The summed E-state index contributed by atoms with van der Waals surface area (Å²) >= 11 is 0. The Morgan fingerprint density at radius 2 is 1.77 bits per heavy atom. The van der Waals surface area contributed by atoms with Crippen LogP contribution in [0.4, 0.5) is 0 Å². The molecule has 2 saturated heterocycles. The molecule has 0 radical (unpaired) electrons. The summed E-state index contributed by atoms with van der Waals surface area (Å²) in [5.74, 6) is 0.440. The van der Waals surface area contributed by atoms with E-state index in [0.717, 1.165) is 51.7 Å². The van der Waals surface area contributed by atoms with Gasteiger partial charge in [0, 0.05) is 35.0 Å². The van der Waals surface area contributed by atoms with E-state index in [4.69, 9.17) is 14.2 Å². The molecule has 0 aromatic rings. The number of fused-ring (bicyclic) bond motifs is 6. The highest BCUT2D eigenvalue weighted by Gasteiger charge is 2.65. The van der Waals surface area contributed by atoms with Gasteiger partial charge >= 0.3 is 5.97 Å². The molecular weight excluding hydrogens is 388 g/mol. The predicted molar refractivity (Wildman–Crippen MR) is 118 cm³/mol. The van der Waals surface area contributed by atoms with Crippen LogP contribution < -0.4 is 0 Å². The van der Waals surface area contributed by atoms with Crippen LogP contribution in [0.5, 0.6) is 0 Å². The molecule has 3 fully saturated rings. The Bertz CT molecular complexity index is 916. The molecule has 1 saturated carbocycles. The molecule has 2 spiro atoms. The summed E-state index contributed by atoms with van der Waals surface area (Å²) in [5.41, 5.74) is 2.87. The normalized spacial score (nSPS) is 46.8. The van der Waals surface area contributed by atoms with Gasteiger partial charge in [-0.1, -0.05) is 51.5 Å². The average molecular weight is 425 g/mol. The van der Waals surface area contributed by atoms with Gasteiger partial charge in [-0.25, -0.2) is 0 Å². The number of hydrogen-bond acceptors (Lipinski definition) is 4. The lowest BCUT2D eigenvalue weighted by atomic mass is 9.52. The van der Waals surface area contributed by atoms with Crippen molar-refractivity contribution in [2.45, 2.75) is 84.0 Å². The molecule has 4 heteroatoms. The molecule has 4 nitrogen and oxygen atoms in total. The van der Waals surface area contributed by atoms with Crippen LogP contribution >= 0.6 is 0 Å². The first-order valence-electron chi connectivity index (χ1n) is 12.2. The van der Waals surface area contributed by atoms with Crippen molar-refractivity contribution in [1.29, 1.82) is 0 Å². The molecule has 2 aliphatic heterocycles. The van der Waals surface area contributed by atoms with Crippen LogP contribution in [0.15, 0.2) is 35.5 Å². The van der Waals surface area contributed by atoms with Crippen molar-refractivity contribution < 1.29 is 19.0 Å². The quantitative estimate of drug-likeness (QED) is 0.381. The minimum absolute atomic E-state index is 0.00116. The molecular formula is C27H36O4. The van der Waals surface area contributed by atoms with Gasteiger partial charge < -0.3 is 14.2 Å². The number of esters is 1. The second kappa shape index (κ2) is 6.14. The summed E-state index contributed by atoms with van der Waals surface area (Å²) in [7, 11) is 0. The van der Waals surface area contributed by atoms with Gasteiger partial charge in [0.15, 0.2) is 5.79 Å². The second-order valence-corrected chi connectivity index (χ2v) is 12.3. The minimum atomic E-state index is -0.555. The van der Waals surface area contributed by atoms with Gasteiger partial charge in [-0.15, -0.1) is 0 Å². The molecule has 5 atom stereocenters. The van der Waals surface area contributed by atoms with E-state index in [1.807, 2.05) is 0 Å². The maximum Gasteiger partial charge on any atom is 0.306 e. The molecule has 6 rings (SSSR count). The molecule has 2 heterocycles. The zero-order valence-electron chi connectivity index (χ0n) is 19.5. The van der Waals surface area contributed by atoms with E-state index in [0.29, 0.717) is 18.3 Å². The second-order valence-electron chi connectivity index (χ2n) is 12.3. The van der Waals surface area contributed by atoms with Crippen LogP contribution in [-0.2, 0) is 19.0 Å². The zero-order chi connectivity index (χ0) is 21.7. The van der Waals surface area contributed by atoms with Crippen molar-refractivity contribution in [3.8, 4) is 0 Å². The third kappa shape index (κ3) is 2.64. The standard InChI is InChI=1S/C27H36O4/c1-23(2)16-29-27(30-17-23)14-13-24(3)18(15-27)5-6-19-20(24)7-10-25(4)21(19)8-11-26(25)12-9-22(28)31-26/h5-7,15,19,21H,8-14,16-17H2,1-4H3/t19?,21?,24-,25-,26?/m0/s1. The smallest absolute Gasteiger partial charge is 0.306 e. The van der Waals surface area contributed by atoms with Crippen molar-refractivity contribution in [3.63, 3.8) is 0 Å². The molecule has 0 N–H and O–H groups in total. The van der Waals surface area contributed by atoms with Gasteiger partial charge in [0.1, 0.15) is 5.60 Å². The van der Waals surface area contributed by atoms with E-state index in [9.17, 15) is 4.79 Å². The maximum absolute atomic E-state index is 12.0. The number of rotatable bonds is 0. The van der Waals surface area contributed by atoms with E-state index in [1.165, 1.54) is 5.57 Å². The van der Waals surface area contributed by atoms with Gasteiger partial charge in [0.2, 0.25) is 0 Å². The molecule has 0 aromatic heterocycles. The zero-order valence-corrected chi connectivity index (χ0v) is 19.5. The fraction of sp³-hybridized carbons (Fsp3) is 0.741. The van der Waals surface area contributed by atoms with Crippen LogP contribution in [-0.4, -0.2) is 30.6 Å². The number of hydrogen-bond donors (Lipinski definition) is 0. The van der Waals surface area contributed by atoms with E-state index >= 15 is 0 Å². The minimum Gasteiger partial charge on any atom is -0.458 e. The van der Waals surface area contributed by atoms with Crippen molar-refractivity contribution >= 4 is 5.97 Å². The molecule has 3 unspecified atom stereocenters. The van der Waals surface area contributed by atoms with Gasteiger partial charge in [0.25, 0.3) is 0 Å². The number of carbonyl (C=O) groups is 1. The SMILES string of the molecule is CC1(C)COC2(C=C3C=CC4C(=CC[C@@]5(C)C4CCC54CCC(=O)O4)[C@@]3(C)CC2)OC1. The van der Waals surface area contributed by atoms with Gasteiger partial charge in [0.05, 0.1) is 13.2 Å². The van der Waals surface area contributed by atoms with Gasteiger partial charge in [-0.3, -0.25) is 4.79 Å². The highest BCUT2D eigenvalue weighted by molar-refractivity contribution is 5.72. The Morgan fingerprint density at radius 1 is 1.00 bits per heavy atom. The van der Waals surface area contributed by atoms with Crippen LogP contribution in [0.2, 0.25) is 0 Å². The van der Waals surface area contributed by atoms with E-state index in [-0.39, 0.29) is 27.8 Å². The van der Waals surface area contributed by atoms with Crippen LogP contribution in [0.3, 0.4) is 0 Å². The monoisotopic (exact) mass is 424 g/mol. The van der Waals surface area contributed by atoms with E-state index in [1.54, 1.807) is 5.57 Å². The number of allylic oxidation sites excluding steroid dienone is 5. The molecule has 0 bridgehead atoms. The first-order valence-corrected chi connectivity index (χ1v) is 12.2. The van der Waals surface area contributed by atoms with Crippen molar-refractivity contribution in [1.82, 2.24) is 0 Å². The van der Waals surface area contributed by atoms with Crippen LogP contribution in [0, 0.1) is 28.1 Å². The Hall–Kier alpha value is -1.39. The lowest BCUT2D eigenvalue weighted by Crippen LogP contribution is -2.52. The summed E-state index contributed by atoms with van der Waals surface area (Å²) in [6.07, 6.45) is 16.2. The van der Waals surface area contributed by atoms with Gasteiger partial charge in [-0.05, 0) is 49.7 Å². The highest BCUT2D eigenvalue weighted by atomic mass is 16.7. The first kappa shape index (κ1) is 20.2. The molecule has 4 aliphatic carbocycles. The third-order valence-electron chi connectivity index (χ3n) is 9.82. The molecule has 168 valence electrons. The summed E-state index contributed by atoms with van der Waals surface area (Å²) < 4.78 is 18.7. The van der Waals surface area contributed by atoms with Crippen molar-refractivity contribution in [3.05, 3.63) is 35.5 Å². The summed E-state index contributed by atoms with van der Waals surface area (Å²) in [6, 6.07) is 0. The summed E-state index contributed by atoms with van der Waals surface area (Å²) in [4.78, 5) is 12.0. The molecule has 0 amide bonds. The van der Waals surface area contributed by atoms with E-state index in [2.05, 4.69) is 52.0 Å². The van der Waals surface area contributed by atoms with Crippen LogP contribution in [0.1, 0.15) is 72.6 Å². The molecule has 31 heavy (non-hydrogen) atoms. The molecule has 0 aromatic carbocycles. The fourth-order valence-electron chi connectivity index (χ4n) is 7.69. The lowest BCUT2D eigenvalue weighted by Gasteiger charge is -2.55. The van der Waals surface area contributed by atoms with Crippen molar-refractivity contribution in [2.24, 2.45) is 28.1 Å². The Kier molecular flexibility index (Phi) is 4.01. The number of carbonyl (C=O) groups excluding carboxylic acids is 1. The largest absolute Gasteiger partial charge is 0.458 e. The summed E-state index contributed by atoms with van der Waals surface area (Å²) in [5, 5.41) is 0. The average Bonchev–Trinajstić information content (AvgIpc) is 3.25.